The molecule has 1 amide bonds. The van der Waals surface area contributed by atoms with Crippen LogP contribution in [0.25, 0.3) is 16.6 Å². The van der Waals surface area contributed by atoms with Gasteiger partial charge in [-0.1, -0.05) is 60.7 Å². The van der Waals surface area contributed by atoms with Crippen LogP contribution in [0.4, 0.5) is 0 Å². The van der Waals surface area contributed by atoms with Gasteiger partial charge in [0, 0.05) is 24.2 Å². The Balaban J connectivity index is 1.34. The van der Waals surface area contributed by atoms with Crippen LogP contribution < -0.4 is 10.1 Å². The molecule has 0 atom stereocenters. The maximum atomic E-state index is 12.9. The molecule has 0 spiro atoms. The summed E-state index contributed by atoms with van der Waals surface area (Å²) >= 11 is 0. The minimum absolute atomic E-state index is 0.143. The molecule has 7 heteroatoms. The third kappa shape index (κ3) is 4.97. The van der Waals surface area contributed by atoms with Gasteiger partial charge in [-0.15, -0.1) is 0 Å². The Morgan fingerprint density at radius 3 is 2.60 bits per heavy atom. The van der Waals surface area contributed by atoms with Crippen molar-refractivity contribution in [3.05, 3.63) is 137 Å². The first-order valence-electron chi connectivity index (χ1n) is 13.0. The molecule has 2 heterocycles. The van der Waals surface area contributed by atoms with Gasteiger partial charge in [-0.05, 0) is 58.7 Å². The van der Waals surface area contributed by atoms with E-state index in [2.05, 4.69) is 22.4 Å². The molecule has 0 radical (unpaired) electrons. The average molecular weight is 530 g/mol. The molecule has 1 N–H and O–H groups in total. The molecule has 6 rings (SSSR count). The van der Waals surface area contributed by atoms with Crippen LogP contribution in [0.3, 0.4) is 0 Å². The molecule has 0 bridgehead atoms. The van der Waals surface area contributed by atoms with Gasteiger partial charge in [-0.3, -0.25) is 4.79 Å². The third-order valence-corrected chi connectivity index (χ3v) is 7.05. The Morgan fingerprint density at radius 1 is 0.950 bits per heavy atom. The van der Waals surface area contributed by atoms with E-state index in [0.29, 0.717) is 36.6 Å². The van der Waals surface area contributed by atoms with E-state index >= 15 is 0 Å². The van der Waals surface area contributed by atoms with Crippen LogP contribution in [-0.4, -0.2) is 28.5 Å². The number of hydrogen-bond acceptors (Lipinski definition) is 5. The molecule has 1 aliphatic rings. The Morgan fingerprint density at radius 2 is 1.75 bits per heavy atom. The number of benzene rings is 4. The molecule has 40 heavy (non-hydrogen) atoms. The molecule has 198 valence electrons. The van der Waals surface area contributed by atoms with E-state index in [-0.39, 0.29) is 5.91 Å². The summed E-state index contributed by atoms with van der Waals surface area (Å²) in [6, 6.07) is 28.8. The first kappa shape index (κ1) is 25.1. The van der Waals surface area contributed by atoms with E-state index in [1.807, 2.05) is 77.4 Å². The molecule has 1 aromatic heterocycles. The molecule has 0 aliphatic carbocycles. The Bertz CT molecular complexity index is 1750. The van der Waals surface area contributed by atoms with Gasteiger partial charge in [0.05, 0.1) is 30.0 Å². The number of carbonyl (C=O) groups excluding carboxylic acids is 2. The van der Waals surface area contributed by atoms with Gasteiger partial charge < -0.3 is 19.4 Å². The number of fused-ring (bicyclic) bond motifs is 3. The minimum atomic E-state index is -0.404. The van der Waals surface area contributed by atoms with Gasteiger partial charge in [0.25, 0.3) is 5.91 Å². The summed E-state index contributed by atoms with van der Waals surface area (Å²) in [4.78, 5) is 29.8. The maximum absolute atomic E-state index is 12.9. The minimum Gasteiger partial charge on any atom is -0.488 e. The van der Waals surface area contributed by atoms with Crippen molar-refractivity contribution in [2.24, 2.45) is 0 Å². The predicted octanol–water partition coefficient (Wildman–Crippen LogP) is 5.78. The highest BCUT2D eigenvalue weighted by Crippen LogP contribution is 2.37. The largest absolute Gasteiger partial charge is 0.488 e. The molecular weight excluding hydrogens is 502 g/mol. The van der Waals surface area contributed by atoms with E-state index in [9.17, 15) is 9.59 Å². The zero-order valence-corrected chi connectivity index (χ0v) is 22.0. The lowest BCUT2D eigenvalue weighted by atomic mass is 9.93. The number of allylic oxidation sites excluding steroid dienone is 1. The van der Waals surface area contributed by atoms with Gasteiger partial charge in [0.2, 0.25) is 0 Å². The molecule has 7 nitrogen and oxygen atoms in total. The number of imidazole rings is 1. The zero-order chi connectivity index (χ0) is 27.5. The summed E-state index contributed by atoms with van der Waals surface area (Å²) in [5.74, 6) is 0.150. The first-order chi connectivity index (χ1) is 19.6. The molecule has 0 unspecified atom stereocenters. The quantitative estimate of drug-likeness (QED) is 0.282. The summed E-state index contributed by atoms with van der Waals surface area (Å²) in [5, 5.41) is 2.99. The highest BCUT2D eigenvalue weighted by atomic mass is 16.5. The van der Waals surface area contributed by atoms with Crippen molar-refractivity contribution < 1.29 is 19.1 Å². The highest BCUT2D eigenvalue weighted by Gasteiger charge is 2.21. The zero-order valence-electron chi connectivity index (χ0n) is 22.0. The molecule has 4 aromatic carbocycles. The van der Waals surface area contributed by atoms with Crippen LogP contribution in [0.1, 0.15) is 43.0 Å². The van der Waals surface area contributed by atoms with E-state index < -0.39 is 5.97 Å². The second-order valence-corrected chi connectivity index (χ2v) is 9.53. The second kappa shape index (κ2) is 10.9. The van der Waals surface area contributed by atoms with Crippen molar-refractivity contribution in [1.29, 1.82) is 0 Å². The van der Waals surface area contributed by atoms with Gasteiger partial charge in [0.15, 0.2) is 0 Å². The highest BCUT2D eigenvalue weighted by molar-refractivity contribution is 5.97. The number of rotatable bonds is 6. The number of amides is 1. The summed E-state index contributed by atoms with van der Waals surface area (Å²) < 4.78 is 13.1. The fraction of sp³-hybridized carbons (Fsp3) is 0.121. The number of nitrogens with zero attached hydrogens (tertiary/aromatic N) is 2. The first-order valence-corrected chi connectivity index (χ1v) is 13.0. The van der Waals surface area contributed by atoms with Crippen LogP contribution in [-0.2, 0) is 24.4 Å². The SMILES string of the molecule is COC(=O)c1ccc2c(c1)C(=CCn1cnc3ccc(C(=O)NCc4ccccc4)cc31)c1ccccc1CO2. The Labute approximate surface area is 231 Å². The van der Waals surface area contributed by atoms with E-state index in [1.165, 1.54) is 7.11 Å². The fourth-order valence-electron chi connectivity index (χ4n) is 4.95. The van der Waals surface area contributed by atoms with Gasteiger partial charge >= 0.3 is 5.97 Å². The summed E-state index contributed by atoms with van der Waals surface area (Å²) in [6.07, 6.45) is 3.88. The molecule has 0 saturated carbocycles. The van der Waals surface area contributed by atoms with Crippen molar-refractivity contribution in [2.75, 3.05) is 7.11 Å². The maximum Gasteiger partial charge on any atom is 0.337 e. The lowest BCUT2D eigenvalue weighted by molar-refractivity contribution is 0.0600. The lowest BCUT2D eigenvalue weighted by Crippen LogP contribution is -2.22. The number of hydrogen-bond donors (Lipinski definition) is 1. The number of carbonyl (C=O) groups is 2. The summed E-state index contributed by atoms with van der Waals surface area (Å²) in [6.45, 7) is 1.38. The van der Waals surface area contributed by atoms with Crippen LogP contribution in [0.15, 0.2) is 103 Å². The second-order valence-electron chi connectivity index (χ2n) is 9.53. The Hall–Kier alpha value is -5.17. The van der Waals surface area contributed by atoms with Gasteiger partial charge in [-0.2, -0.15) is 0 Å². The standard InChI is InChI=1S/C33H27N3O4/c1-39-33(38)24-12-14-31-28(17-24)27(26-10-6-5-9-25(26)20-40-31)15-16-36-21-35-29-13-11-23(18-30(29)36)32(37)34-19-22-7-3-2-4-8-22/h2-15,17-18,21H,16,19-20H2,1H3,(H,34,37). The monoisotopic (exact) mass is 529 g/mol. The van der Waals surface area contributed by atoms with Crippen LogP contribution in [0.2, 0.25) is 0 Å². The van der Waals surface area contributed by atoms with Crippen molar-refractivity contribution in [3.8, 4) is 5.75 Å². The molecule has 5 aromatic rings. The molecule has 1 aliphatic heterocycles. The lowest BCUT2D eigenvalue weighted by Gasteiger charge is -2.13. The normalized spacial score (nSPS) is 13.2. The summed E-state index contributed by atoms with van der Waals surface area (Å²) in [5.41, 5.74) is 7.57. The molecular formula is C33H27N3O4. The number of aromatic nitrogens is 2. The molecule has 0 fully saturated rings. The van der Waals surface area contributed by atoms with Crippen molar-refractivity contribution in [2.45, 2.75) is 19.7 Å². The van der Waals surface area contributed by atoms with Crippen molar-refractivity contribution in [1.82, 2.24) is 14.9 Å². The van der Waals surface area contributed by atoms with E-state index in [4.69, 9.17) is 9.47 Å². The van der Waals surface area contributed by atoms with Crippen LogP contribution in [0, 0.1) is 0 Å². The number of nitrogens with one attached hydrogen (secondary N) is 1. The van der Waals surface area contributed by atoms with Crippen molar-refractivity contribution >= 4 is 28.5 Å². The summed E-state index contributed by atoms with van der Waals surface area (Å²) in [7, 11) is 1.37. The fourth-order valence-corrected chi connectivity index (χ4v) is 4.95. The number of methoxy groups -OCH3 is 1. The topological polar surface area (TPSA) is 82.5 Å². The molecule has 0 saturated heterocycles. The average Bonchev–Trinajstić information content (AvgIpc) is 3.34. The third-order valence-electron chi connectivity index (χ3n) is 7.05. The van der Waals surface area contributed by atoms with E-state index in [0.717, 1.165) is 38.9 Å². The number of ether oxygens (including phenoxy) is 2. The van der Waals surface area contributed by atoms with Crippen LogP contribution >= 0.6 is 0 Å². The van der Waals surface area contributed by atoms with Gasteiger partial charge in [-0.25, -0.2) is 9.78 Å². The number of esters is 1. The van der Waals surface area contributed by atoms with E-state index in [1.54, 1.807) is 18.5 Å². The Kier molecular flexibility index (Phi) is 6.85. The van der Waals surface area contributed by atoms with Crippen LogP contribution in [0.5, 0.6) is 5.75 Å². The van der Waals surface area contributed by atoms with Crippen molar-refractivity contribution in [3.63, 3.8) is 0 Å². The van der Waals surface area contributed by atoms with Gasteiger partial charge in [0.1, 0.15) is 12.4 Å². The predicted molar refractivity (Wildman–Crippen MR) is 153 cm³/mol. The smallest absolute Gasteiger partial charge is 0.337 e.